The average Bonchev–Trinajstić information content (AvgIpc) is 2.21. The van der Waals surface area contributed by atoms with E-state index in [0.29, 0.717) is 16.7 Å². The Bertz CT molecular complexity index is 672. The Morgan fingerprint density at radius 2 is 2.19 bits per heavy atom. The van der Waals surface area contributed by atoms with Crippen molar-refractivity contribution in [3.05, 3.63) is 37.3 Å². The molecular weight excluding hydrogens is 288 g/mol. The Kier molecular flexibility index (Phi) is 2.99. The summed E-state index contributed by atoms with van der Waals surface area (Å²) in [7, 11) is 0. The van der Waals surface area contributed by atoms with Crippen molar-refractivity contribution in [1.82, 2.24) is 9.55 Å². The van der Waals surface area contributed by atoms with E-state index < -0.39 is 0 Å². The zero-order valence-corrected chi connectivity index (χ0v) is 11.4. The van der Waals surface area contributed by atoms with Gasteiger partial charge in [-0.3, -0.25) is 9.36 Å². The molecule has 3 nitrogen and oxygen atoms in total. The average molecular weight is 299 g/mol. The number of H-pyrrole nitrogens is 1. The van der Waals surface area contributed by atoms with Crippen molar-refractivity contribution in [1.29, 1.82) is 0 Å². The van der Waals surface area contributed by atoms with Gasteiger partial charge in [0.2, 0.25) is 0 Å². The van der Waals surface area contributed by atoms with Crippen LogP contribution in [0.4, 0.5) is 0 Å². The van der Waals surface area contributed by atoms with E-state index in [1.165, 1.54) is 0 Å². The van der Waals surface area contributed by atoms with E-state index in [2.05, 4.69) is 20.9 Å². The topological polar surface area (TPSA) is 37.8 Å². The van der Waals surface area contributed by atoms with E-state index in [4.69, 9.17) is 12.2 Å². The first-order valence-corrected chi connectivity index (χ1v) is 6.17. The second-order valence-corrected chi connectivity index (χ2v) is 4.89. The van der Waals surface area contributed by atoms with Gasteiger partial charge in [0.15, 0.2) is 4.77 Å². The van der Waals surface area contributed by atoms with Gasteiger partial charge in [-0.1, -0.05) is 0 Å². The number of aryl methyl sites for hydroxylation is 1. The number of hydrogen-bond acceptors (Lipinski definition) is 2. The van der Waals surface area contributed by atoms with Gasteiger partial charge >= 0.3 is 0 Å². The monoisotopic (exact) mass is 298 g/mol. The van der Waals surface area contributed by atoms with E-state index >= 15 is 0 Å². The highest BCUT2D eigenvalue weighted by atomic mass is 79.9. The summed E-state index contributed by atoms with van der Waals surface area (Å²) < 4.78 is 2.89. The number of fused-ring (bicyclic) bond motifs is 1. The fourth-order valence-electron chi connectivity index (χ4n) is 1.74. The molecule has 84 valence electrons. The number of aromatic amines is 1. The molecular formula is C11H11BrN2OS. The van der Waals surface area contributed by atoms with Crippen molar-refractivity contribution in [3.8, 4) is 0 Å². The molecule has 0 fully saturated rings. The Morgan fingerprint density at radius 1 is 1.50 bits per heavy atom. The molecule has 1 N–H and O–H groups in total. The Hall–Kier alpha value is -0.940. The molecule has 1 aromatic carbocycles. The predicted molar refractivity (Wildman–Crippen MR) is 71.5 cm³/mol. The maximum absolute atomic E-state index is 12.1. The minimum Gasteiger partial charge on any atom is -0.331 e. The maximum Gasteiger partial charge on any atom is 0.262 e. The van der Waals surface area contributed by atoms with Gasteiger partial charge in [0.1, 0.15) is 0 Å². The molecule has 1 heterocycles. The summed E-state index contributed by atoms with van der Waals surface area (Å²) in [5, 5.41) is 0.669. The van der Waals surface area contributed by atoms with Crippen molar-refractivity contribution < 1.29 is 0 Å². The largest absolute Gasteiger partial charge is 0.331 e. The van der Waals surface area contributed by atoms with Gasteiger partial charge in [-0.05, 0) is 59.7 Å². The van der Waals surface area contributed by atoms with Gasteiger partial charge in [-0.2, -0.15) is 0 Å². The molecule has 1 aromatic heterocycles. The van der Waals surface area contributed by atoms with Crippen molar-refractivity contribution in [2.24, 2.45) is 0 Å². The van der Waals surface area contributed by atoms with Crippen molar-refractivity contribution in [2.45, 2.75) is 20.4 Å². The molecule has 0 bridgehead atoms. The first-order chi connectivity index (χ1) is 7.54. The van der Waals surface area contributed by atoms with Gasteiger partial charge in [0.25, 0.3) is 5.56 Å². The highest BCUT2D eigenvalue weighted by molar-refractivity contribution is 9.10. The zero-order valence-electron chi connectivity index (χ0n) is 9.00. The summed E-state index contributed by atoms with van der Waals surface area (Å²) in [6, 6.07) is 3.84. The van der Waals surface area contributed by atoms with E-state index in [1.54, 1.807) is 4.57 Å². The predicted octanol–water partition coefficient (Wildman–Crippen LogP) is 3.15. The van der Waals surface area contributed by atoms with Gasteiger partial charge in [-0.25, -0.2) is 0 Å². The third-order valence-corrected chi connectivity index (χ3v) is 3.45. The normalized spacial score (nSPS) is 10.9. The zero-order chi connectivity index (χ0) is 11.9. The third kappa shape index (κ3) is 1.74. The van der Waals surface area contributed by atoms with Crippen LogP contribution in [0.5, 0.6) is 0 Å². The lowest BCUT2D eigenvalue weighted by Crippen LogP contribution is -2.21. The van der Waals surface area contributed by atoms with E-state index in [9.17, 15) is 4.79 Å². The van der Waals surface area contributed by atoms with Crippen molar-refractivity contribution >= 4 is 39.1 Å². The molecule has 0 aliphatic heterocycles. The minimum absolute atomic E-state index is 0.0364. The van der Waals surface area contributed by atoms with Crippen LogP contribution in [0.3, 0.4) is 0 Å². The van der Waals surface area contributed by atoms with E-state index in [1.807, 2.05) is 26.0 Å². The van der Waals surface area contributed by atoms with Gasteiger partial charge in [0.05, 0.1) is 10.9 Å². The second kappa shape index (κ2) is 4.14. The number of nitrogens with one attached hydrogen (secondary N) is 1. The van der Waals surface area contributed by atoms with Crippen LogP contribution in [0.2, 0.25) is 0 Å². The first kappa shape index (κ1) is 11.5. The summed E-state index contributed by atoms with van der Waals surface area (Å²) in [6.07, 6.45) is 0. The third-order valence-electron chi connectivity index (χ3n) is 2.50. The maximum atomic E-state index is 12.1. The number of rotatable bonds is 1. The lowest BCUT2D eigenvalue weighted by atomic mass is 10.2. The molecule has 0 amide bonds. The number of benzene rings is 1. The fourth-order valence-corrected chi connectivity index (χ4v) is 2.73. The van der Waals surface area contributed by atoms with Gasteiger partial charge in [0, 0.05) is 11.0 Å². The molecule has 2 aromatic rings. The number of hydrogen-bond donors (Lipinski definition) is 1. The van der Waals surface area contributed by atoms with Crippen LogP contribution in [0.25, 0.3) is 10.9 Å². The van der Waals surface area contributed by atoms with E-state index in [0.717, 1.165) is 15.6 Å². The molecule has 0 radical (unpaired) electrons. The highest BCUT2D eigenvalue weighted by Gasteiger charge is 2.07. The number of aromatic nitrogens is 2. The molecule has 0 saturated carbocycles. The number of halogens is 1. The standard InChI is InChI=1S/C11H11BrN2OS/c1-3-14-10(15)7-4-6(2)5-8(12)9(7)13-11(14)16/h4-5H,3H2,1-2H3,(H,13,16). The van der Waals surface area contributed by atoms with Crippen molar-refractivity contribution in [3.63, 3.8) is 0 Å². The summed E-state index contributed by atoms with van der Waals surface area (Å²) in [5.41, 5.74) is 1.78. The Balaban J connectivity index is 3.05. The molecule has 0 atom stereocenters. The summed E-state index contributed by atoms with van der Waals surface area (Å²) in [6.45, 7) is 4.44. The van der Waals surface area contributed by atoms with E-state index in [-0.39, 0.29) is 5.56 Å². The van der Waals surface area contributed by atoms with Crippen LogP contribution in [0.15, 0.2) is 21.4 Å². The molecule has 0 saturated heterocycles. The molecule has 0 aliphatic carbocycles. The molecule has 16 heavy (non-hydrogen) atoms. The SMILES string of the molecule is CCn1c(=S)[nH]c2c(Br)cc(C)cc2c1=O. The lowest BCUT2D eigenvalue weighted by Gasteiger charge is -2.07. The quantitative estimate of drug-likeness (QED) is 0.821. The summed E-state index contributed by atoms with van der Waals surface area (Å²) >= 11 is 8.58. The lowest BCUT2D eigenvalue weighted by molar-refractivity contribution is 0.704. The van der Waals surface area contributed by atoms with Gasteiger partial charge in [-0.15, -0.1) is 0 Å². The first-order valence-electron chi connectivity index (χ1n) is 4.97. The fraction of sp³-hybridized carbons (Fsp3) is 0.273. The molecule has 0 spiro atoms. The Morgan fingerprint density at radius 3 is 2.81 bits per heavy atom. The van der Waals surface area contributed by atoms with Gasteiger partial charge < -0.3 is 4.98 Å². The van der Waals surface area contributed by atoms with Crippen molar-refractivity contribution in [2.75, 3.05) is 0 Å². The molecule has 2 rings (SSSR count). The summed E-state index contributed by atoms with van der Waals surface area (Å²) in [5.74, 6) is 0. The smallest absolute Gasteiger partial charge is 0.262 e. The van der Waals surface area contributed by atoms with Crippen LogP contribution < -0.4 is 5.56 Å². The van der Waals surface area contributed by atoms with Crippen LogP contribution in [0, 0.1) is 11.7 Å². The minimum atomic E-state index is -0.0364. The summed E-state index contributed by atoms with van der Waals surface area (Å²) in [4.78, 5) is 15.2. The molecule has 5 heteroatoms. The van der Waals surface area contributed by atoms with Crippen LogP contribution in [0.1, 0.15) is 12.5 Å². The number of nitrogens with zero attached hydrogens (tertiary/aromatic N) is 1. The Labute approximate surface area is 106 Å². The van der Waals surface area contributed by atoms with Crippen LogP contribution in [-0.2, 0) is 6.54 Å². The van der Waals surface area contributed by atoms with Crippen LogP contribution >= 0.6 is 28.1 Å². The molecule has 0 unspecified atom stereocenters. The highest BCUT2D eigenvalue weighted by Crippen LogP contribution is 2.21. The van der Waals surface area contributed by atoms with Crippen LogP contribution in [-0.4, -0.2) is 9.55 Å². The molecule has 0 aliphatic rings. The second-order valence-electron chi connectivity index (χ2n) is 3.65.